The SMILES string of the molecule is CS/C1=C/CCC(C)(Cl)CCCCc2ccccc2C1OC(C)=O. The van der Waals surface area contributed by atoms with E-state index in [2.05, 4.69) is 31.2 Å². The van der Waals surface area contributed by atoms with Gasteiger partial charge in [-0.2, -0.15) is 0 Å². The van der Waals surface area contributed by atoms with Crippen molar-refractivity contribution in [3.63, 3.8) is 0 Å². The number of allylic oxidation sites excluding steroid dienone is 1. The third kappa shape index (κ3) is 5.56. The van der Waals surface area contributed by atoms with Gasteiger partial charge >= 0.3 is 5.97 Å². The van der Waals surface area contributed by atoms with Gasteiger partial charge in [0.1, 0.15) is 0 Å². The molecule has 0 N–H and O–H groups in total. The van der Waals surface area contributed by atoms with Crippen LogP contribution < -0.4 is 0 Å². The van der Waals surface area contributed by atoms with Crippen LogP contribution in [0, 0.1) is 0 Å². The van der Waals surface area contributed by atoms with Crippen LogP contribution in [-0.2, 0) is 16.0 Å². The van der Waals surface area contributed by atoms with Gasteiger partial charge in [-0.1, -0.05) is 36.8 Å². The predicted molar refractivity (Wildman–Crippen MR) is 104 cm³/mol. The second kappa shape index (κ2) is 8.96. The van der Waals surface area contributed by atoms with Gasteiger partial charge in [0.15, 0.2) is 6.10 Å². The molecule has 0 amide bonds. The minimum Gasteiger partial charge on any atom is -0.452 e. The van der Waals surface area contributed by atoms with Crippen molar-refractivity contribution in [2.24, 2.45) is 0 Å². The summed E-state index contributed by atoms with van der Waals surface area (Å²) in [7, 11) is 0. The quantitative estimate of drug-likeness (QED) is 0.471. The van der Waals surface area contributed by atoms with Crippen molar-refractivity contribution in [2.45, 2.75) is 63.4 Å². The number of thioether (sulfide) groups is 1. The van der Waals surface area contributed by atoms with E-state index >= 15 is 0 Å². The molecule has 24 heavy (non-hydrogen) atoms. The molecule has 0 aliphatic heterocycles. The van der Waals surface area contributed by atoms with E-state index in [1.54, 1.807) is 11.8 Å². The van der Waals surface area contributed by atoms with Crippen LogP contribution >= 0.6 is 23.4 Å². The number of hydrogen-bond donors (Lipinski definition) is 0. The molecule has 4 heteroatoms. The summed E-state index contributed by atoms with van der Waals surface area (Å²) in [4.78, 5) is 12.6. The molecule has 0 spiro atoms. The number of alkyl halides is 1. The summed E-state index contributed by atoms with van der Waals surface area (Å²) < 4.78 is 5.72. The molecule has 1 aromatic rings. The first-order chi connectivity index (χ1) is 11.4. The van der Waals surface area contributed by atoms with E-state index in [1.165, 1.54) is 12.5 Å². The number of ether oxygens (including phenoxy) is 1. The van der Waals surface area contributed by atoms with Crippen LogP contribution in [0.4, 0.5) is 0 Å². The highest BCUT2D eigenvalue weighted by Crippen LogP contribution is 2.37. The Labute approximate surface area is 155 Å². The normalized spacial score (nSPS) is 27.8. The second-order valence-corrected chi connectivity index (χ2v) is 8.45. The molecule has 1 aliphatic rings. The van der Waals surface area contributed by atoms with Crippen LogP contribution in [0.15, 0.2) is 35.2 Å². The zero-order valence-electron chi connectivity index (χ0n) is 14.8. The topological polar surface area (TPSA) is 26.3 Å². The maximum atomic E-state index is 11.7. The maximum Gasteiger partial charge on any atom is 0.303 e. The largest absolute Gasteiger partial charge is 0.452 e. The number of benzene rings is 1. The highest BCUT2D eigenvalue weighted by atomic mass is 35.5. The number of hydrogen-bond acceptors (Lipinski definition) is 3. The van der Waals surface area contributed by atoms with Crippen molar-refractivity contribution in [3.05, 3.63) is 46.4 Å². The zero-order valence-corrected chi connectivity index (χ0v) is 16.4. The number of esters is 1. The summed E-state index contributed by atoms with van der Waals surface area (Å²) >= 11 is 8.31. The lowest BCUT2D eigenvalue weighted by Crippen LogP contribution is -2.17. The van der Waals surface area contributed by atoms with E-state index in [1.807, 2.05) is 12.3 Å². The third-order valence-corrected chi connectivity index (χ3v) is 5.75. The summed E-state index contributed by atoms with van der Waals surface area (Å²) in [5, 5.41) is 0. The van der Waals surface area contributed by atoms with Gasteiger partial charge in [0.05, 0.1) is 0 Å². The van der Waals surface area contributed by atoms with Crippen molar-refractivity contribution in [1.82, 2.24) is 0 Å². The Balaban J connectivity index is 2.42. The average Bonchev–Trinajstić information content (AvgIpc) is 2.53. The Kier molecular flexibility index (Phi) is 7.24. The minimum atomic E-state index is -0.310. The summed E-state index contributed by atoms with van der Waals surface area (Å²) in [6.45, 7) is 3.61. The van der Waals surface area contributed by atoms with E-state index in [0.29, 0.717) is 0 Å². The lowest BCUT2D eigenvalue weighted by molar-refractivity contribution is -0.144. The molecule has 0 aromatic heterocycles. The molecule has 0 saturated heterocycles. The van der Waals surface area contributed by atoms with Gasteiger partial charge in [-0.25, -0.2) is 0 Å². The first-order valence-electron chi connectivity index (χ1n) is 8.61. The van der Waals surface area contributed by atoms with Crippen LogP contribution in [0.1, 0.15) is 63.2 Å². The fourth-order valence-electron chi connectivity index (χ4n) is 3.21. The van der Waals surface area contributed by atoms with Crippen LogP contribution in [-0.4, -0.2) is 17.1 Å². The van der Waals surface area contributed by atoms with Crippen molar-refractivity contribution < 1.29 is 9.53 Å². The van der Waals surface area contributed by atoms with Gasteiger partial charge in [-0.15, -0.1) is 23.4 Å². The van der Waals surface area contributed by atoms with Gasteiger partial charge < -0.3 is 4.74 Å². The van der Waals surface area contributed by atoms with Crippen molar-refractivity contribution in [1.29, 1.82) is 0 Å². The molecule has 1 aromatic carbocycles. The smallest absolute Gasteiger partial charge is 0.303 e. The zero-order chi connectivity index (χ0) is 17.6. The van der Waals surface area contributed by atoms with E-state index in [4.69, 9.17) is 16.3 Å². The van der Waals surface area contributed by atoms with Gasteiger partial charge in [0, 0.05) is 22.3 Å². The Hall–Kier alpha value is -0.930. The Bertz CT molecular complexity index is 595. The Morgan fingerprint density at radius 1 is 1.29 bits per heavy atom. The van der Waals surface area contributed by atoms with E-state index < -0.39 is 0 Å². The van der Waals surface area contributed by atoms with E-state index in [0.717, 1.165) is 49.0 Å². The van der Waals surface area contributed by atoms with E-state index in [-0.39, 0.29) is 16.9 Å². The van der Waals surface area contributed by atoms with Crippen LogP contribution in [0.2, 0.25) is 0 Å². The van der Waals surface area contributed by atoms with Crippen molar-refractivity contribution >= 4 is 29.3 Å². The molecular formula is C20H27ClO2S. The lowest BCUT2D eigenvalue weighted by atomic mass is 9.92. The molecule has 1 aliphatic carbocycles. The molecule has 2 nitrogen and oxygen atoms in total. The van der Waals surface area contributed by atoms with Crippen LogP contribution in [0.3, 0.4) is 0 Å². The fraction of sp³-hybridized carbons (Fsp3) is 0.550. The van der Waals surface area contributed by atoms with Crippen molar-refractivity contribution in [3.8, 4) is 0 Å². The summed E-state index contributed by atoms with van der Waals surface area (Å²) in [6.07, 6.45) is 10.00. The van der Waals surface area contributed by atoms with Crippen molar-refractivity contribution in [2.75, 3.05) is 6.26 Å². The summed E-state index contributed by atoms with van der Waals surface area (Å²) in [5.41, 5.74) is 2.38. The molecule has 0 saturated carbocycles. The number of aryl methyl sites for hydroxylation is 1. The number of rotatable bonds is 2. The van der Waals surface area contributed by atoms with Crippen LogP contribution in [0.25, 0.3) is 0 Å². The fourth-order valence-corrected chi connectivity index (χ4v) is 4.12. The van der Waals surface area contributed by atoms with Gasteiger partial charge in [-0.3, -0.25) is 4.79 Å². The van der Waals surface area contributed by atoms with Gasteiger partial charge in [0.2, 0.25) is 0 Å². The highest BCUT2D eigenvalue weighted by Gasteiger charge is 2.24. The lowest BCUT2D eigenvalue weighted by Gasteiger charge is -2.25. The minimum absolute atomic E-state index is 0.157. The third-order valence-electron chi connectivity index (χ3n) is 4.52. The average molecular weight is 367 g/mol. The van der Waals surface area contributed by atoms with E-state index in [9.17, 15) is 4.79 Å². The standard InChI is InChI=1S/C20H27ClO2S/c1-15(22)23-19-17-11-5-4-9-16(17)10-6-7-13-20(2,21)14-8-12-18(19)24-3/h4-5,9,11-12,19H,6-8,10,13-14H2,1-3H3/b18-12+. The Morgan fingerprint density at radius 3 is 2.75 bits per heavy atom. The summed E-state index contributed by atoms with van der Waals surface area (Å²) in [6, 6.07) is 8.32. The molecule has 0 bridgehead atoms. The summed E-state index contributed by atoms with van der Waals surface area (Å²) in [5.74, 6) is -0.246. The first-order valence-corrected chi connectivity index (χ1v) is 10.2. The molecule has 0 heterocycles. The molecule has 0 fully saturated rings. The predicted octanol–water partition coefficient (Wildman–Crippen LogP) is 6.04. The van der Waals surface area contributed by atoms with Crippen LogP contribution in [0.5, 0.6) is 0 Å². The first kappa shape index (κ1) is 19.4. The number of fused-ring (bicyclic) bond motifs is 1. The highest BCUT2D eigenvalue weighted by molar-refractivity contribution is 8.02. The number of carbonyl (C=O) groups excluding carboxylic acids is 1. The molecule has 2 rings (SSSR count). The van der Waals surface area contributed by atoms with Gasteiger partial charge in [0.25, 0.3) is 0 Å². The van der Waals surface area contributed by atoms with Gasteiger partial charge in [-0.05, 0) is 50.8 Å². The molecular weight excluding hydrogens is 340 g/mol. The molecule has 132 valence electrons. The maximum absolute atomic E-state index is 11.7. The molecule has 2 atom stereocenters. The molecule has 0 radical (unpaired) electrons. The second-order valence-electron chi connectivity index (χ2n) is 6.66. The number of carbonyl (C=O) groups is 1. The molecule has 2 unspecified atom stereocenters. The number of halogens is 1. The monoisotopic (exact) mass is 366 g/mol. The Morgan fingerprint density at radius 2 is 2.04 bits per heavy atom.